The molecular formula is C12H14BrF. The Labute approximate surface area is 92.6 Å². The summed E-state index contributed by atoms with van der Waals surface area (Å²) in [7, 11) is 0. The molecule has 0 amide bonds. The Balaban J connectivity index is 2.20. The van der Waals surface area contributed by atoms with Crippen molar-refractivity contribution in [3.8, 4) is 0 Å². The summed E-state index contributed by atoms with van der Waals surface area (Å²) in [5.41, 5.74) is 2.80. The maximum Gasteiger partial charge on any atom is 0.123 e. The lowest BCUT2D eigenvalue weighted by Gasteiger charge is -2.13. The molecule has 14 heavy (non-hydrogen) atoms. The first-order valence-electron chi connectivity index (χ1n) is 4.96. The van der Waals surface area contributed by atoms with Crippen molar-refractivity contribution >= 4 is 15.9 Å². The van der Waals surface area contributed by atoms with Crippen molar-refractivity contribution in [1.82, 2.24) is 0 Å². The molecule has 0 spiro atoms. The van der Waals surface area contributed by atoms with E-state index in [0.717, 1.165) is 11.8 Å². The van der Waals surface area contributed by atoms with Gasteiger partial charge in [-0.2, -0.15) is 0 Å². The lowest BCUT2D eigenvalue weighted by Crippen LogP contribution is -2.07. The minimum atomic E-state index is -0.115. The molecule has 0 nitrogen and oxygen atoms in total. The van der Waals surface area contributed by atoms with E-state index in [-0.39, 0.29) is 5.82 Å². The van der Waals surface area contributed by atoms with Gasteiger partial charge in [-0.15, -0.1) is 0 Å². The van der Waals surface area contributed by atoms with Crippen molar-refractivity contribution < 1.29 is 4.39 Å². The van der Waals surface area contributed by atoms with Gasteiger partial charge in [0.05, 0.1) is 0 Å². The molecule has 76 valence electrons. The van der Waals surface area contributed by atoms with Gasteiger partial charge in [-0.05, 0) is 54.9 Å². The van der Waals surface area contributed by atoms with E-state index in [9.17, 15) is 4.39 Å². The standard InChI is InChI=1S/C12H14BrF/c1-9-2-3-11(14)6-10(9)7-12(8-13)4-5-12/h2-3,6H,4-5,7-8H2,1H3. The molecule has 0 atom stereocenters. The van der Waals surface area contributed by atoms with Gasteiger partial charge in [-0.25, -0.2) is 4.39 Å². The first kappa shape index (κ1) is 10.2. The van der Waals surface area contributed by atoms with Gasteiger partial charge in [0.2, 0.25) is 0 Å². The minimum absolute atomic E-state index is 0.115. The van der Waals surface area contributed by atoms with Crippen LogP contribution in [-0.2, 0) is 6.42 Å². The van der Waals surface area contributed by atoms with Crippen molar-refractivity contribution in [1.29, 1.82) is 0 Å². The lowest BCUT2D eigenvalue weighted by molar-refractivity contribution is 0.575. The molecule has 1 saturated carbocycles. The Morgan fingerprint density at radius 1 is 1.43 bits per heavy atom. The summed E-state index contributed by atoms with van der Waals surface area (Å²) in [6.45, 7) is 2.05. The lowest BCUT2D eigenvalue weighted by atomic mass is 9.95. The number of hydrogen-bond donors (Lipinski definition) is 0. The SMILES string of the molecule is Cc1ccc(F)cc1CC1(CBr)CC1. The highest BCUT2D eigenvalue weighted by molar-refractivity contribution is 9.09. The number of benzene rings is 1. The van der Waals surface area contributed by atoms with Crippen molar-refractivity contribution in [3.63, 3.8) is 0 Å². The average molecular weight is 257 g/mol. The topological polar surface area (TPSA) is 0 Å². The number of halogens is 2. The summed E-state index contributed by atoms with van der Waals surface area (Å²) in [4.78, 5) is 0. The van der Waals surface area contributed by atoms with Gasteiger partial charge in [0, 0.05) is 5.33 Å². The van der Waals surface area contributed by atoms with E-state index in [1.807, 2.05) is 6.07 Å². The van der Waals surface area contributed by atoms with E-state index in [1.54, 1.807) is 6.07 Å². The molecule has 0 bridgehead atoms. The second-order valence-corrected chi connectivity index (χ2v) is 4.94. The third kappa shape index (κ3) is 2.00. The summed E-state index contributed by atoms with van der Waals surface area (Å²) in [6, 6.07) is 5.08. The predicted octanol–water partition coefficient (Wildman–Crippen LogP) is 3.85. The fourth-order valence-electron chi connectivity index (χ4n) is 1.77. The Kier molecular flexibility index (Phi) is 2.65. The van der Waals surface area contributed by atoms with Crippen LogP contribution in [0.4, 0.5) is 4.39 Å². The van der Waals surface area contributed by atoms with Gasteiger partial charge in [0.25, 0.3) is 0 Å². The zero-order chi connectivity index (χ0) is 10.2. The molecule has 1 aliphatic rings. The van der Waals surface area contributed by atoms with E-state index in [1.165, 1.54) is 30.0 Å². The zero-order valence-corrected chi connectivity index (χ0v) is 9.90. The molecule has 1 aliphatic carbocycles. The Morgan fingerprint density at radius 3 is 2.71 bits per heavy atom. The van der Waals surface area contributed by atoms with Gasteiger partial charge in [-0.3, -0.25) is 0 Å². The van der Waals surface area contributed by atoms with Gasteiger partial charge >= 0.3 is 0 Å². The van der Waals surface area contributed by atoms with Crippen LogP contribution >= 0.6 is 15.9 Å². The maximum atomic E-state index is 13.0. The number of aryl methyl sites for hydroxylation is 1. The van der Waals surface area contributed by atoms with Gasteiger partial charge in [-0.1, -0.05) is 22.0 Å². The van der Waals surface area contributed by atoms with Crippen molar-refractivity contribution in [2.24, 2.45) is 5.41 Å². The van der Waals surface area contributed by atoms with Crippen LogP contribution in [0.25, 0.3) is 0 Å². The molecule has 1 aromatic carbocycles. The van der Waals surface area contributed by atoms with Crippen molar-refractivity contribution in [2.45, 2.75) is 26.2 Å². The first-order valence-corrected chi connectivity index (χ1v) is 6.08. The van der Waals surface area contributed by atoms with Crippen LogP contribution in [0.5, 0.6) is 0 Å². The molecule has 0 unspecified atom stereocenters. The Morgan fingerprint density at radius 2 is 2.14 bits per heavy atom. The summed E-state index contributed by atoms with van der Waals surface area (Å²) in [5, 5.41) is 1.04. The van der Waals surface area contributed by atoms with Crippen molar-refractivity contribution in [2.75, 3.05) is 5.33 Å². The minimum Gasteiger partial charge on any atom is -0.207 e. The summed E-state index contributed by atoms with van der Waals surface area (Å²) < 4.78 is 13.0. The third-order valence-corrected chi connectivity index (χ3v) is 4.31. The number of hydrogen-bond acceptors (Lipinski definition) is 0. The summed E-state index contributed by atoms with van der Waals surface area (Å²) in [6.07, 6.45) is 3.56. The van der Waals surface area contributed by atoms with Gasteiger partial charge < -0.3 is 0 Å². The van der Waals surface area contributed by atoms with Crippen LogP contribution in [0.2, 0.25) is 0 Å². The van der Waals surface area contributed by atoms with Crippen LogP contribution in [0.1, 0.15) is 24.0 Å². The largest absolute Gasteiger partial charge is 0.207 e. The molecule has 0 saturated heterocycles. The van der Waals surface area contributed by atoms with E-state index >= 15 is 0 Å². The molecule has 1 aromatic rings. The van der Waals surface area contributed by atoms with Crippen LogP contribution in [0.15, 0.2) is 18.2 Å². The quantitative estimate of drug-likeness (QED) is 0.721. The van der Waals surface area contributed by atoms with Gasteiger partial charge in [0.15, 0.2) is 0 Å². The fourth-order valence-corrected chi connectivity index (χ4v) is 2.53. The van der Waals surface area contributed by atoms with Crippen LogP contribution < -0.4 is 0 Å². The molecule has 0 radical (unpaired) electrons. The molecule has 2 rings (SSSR count). The van der Waals surface area contributed by atoms with Crippen molar-refractivity contribution in [3.05, 3.63) is 35.1 Å². The smallest absolute Gasteiger partial charge is 0.123 e. The van der Waals surface area contributed by atoms with E-state index in [4.69, 9.17) is 0 Å². The Hall–Kier alpha value is -0.370. The molecule has 2 heteroatoms. The monoisotopic (exact) mass is 256 g/mol. The highest BCUT2D eigenvalue weighted by Gasteiger charge is 2.41. The fraction of sp³-hybridized carbons (Fsp3) is 0.500. The van der Waals surface area contributed by atoms with Crippen LogP contribution in [0, 0.1) is 18.2 Å². The second-order valence-electron chi connectivity index (χ2n) is 4.38. The third-order valence-electron chi connectivity index (χ3n) is 3.12. The highest BCUT2D eigenvalue weighted by Crippen LogP contribution is 2.49. The molecule has 0 aliphatic heterocycles. The molecular weight excluding hydrogens is 243 g/mol. The second kappa shape index (κ2) is 3.65. The van der Waals surface area contributed by atoms with Crippen LogP contribution in [-0.4, -0.2) is 5.33 Å². The molecule has 0 aromatic heterocycles. The van der Waals surface area contributed by atoms with Crippen LogP contribution in [0.3, 0.4) is 0 Å². The summed E-state index contributed by atoms with van der Waals surface area (Å²) >= 11 is 3.54. The maximum absolute atomic E-state index is 13.0. The predicted molar refractivity (Wildman–Crippen MR) is 60.3 cm³/mol. The first-order chi connectivity index (χ1) is 6.65. The van der Waals surface area contributed by atoms with E-state index in [0.29, 0.717) is 5.41 Å². The zero-order valence-electron chi connectivity index (χ0n) is 8.32. The highest BCUT2D eigenvalue weighted by atomic mass is 79.9. The molecule has 1 fully saturated rings. The number of alkyl halides is 1. The average Bonchev–Trinajstić information content (AvgIpc) is 2.92. The van der Waals surface area contributed by atoms with E-state index in [2.05, 4.69) is 22.9 Å². The van der Waals surface area contributed by atoms with E-state index < -0.39 is 0 Å². The normalized spacial score (nSPS) is 18.2. The number of rotatable bonds is 3. The van der Waals surface area contributed by atoms with Gasteiger partial charge in [0.1, 0.15) is 5.82 Å². The Bertz CT molecular complexity index is 342. The molecule has 0 N–H and O–H groups in total. The summed E-state index contributed by atoms with van der Waals surface area (Å²) in [5.74, 6) is -0.115. The molecule has 0 heterocycles.